The number of nitrogen functional groups attached to an aromatic ring is 1. The van der Waals surface area contributed by atoms with Crippen LogP contribution < -0.4 is 11.5 Å². The van der Waals surface area contributed by atoms with Crippen molar-refractivity contribution >= 4 is 23.4 Å². The van der Waals surface area contributed by atoms with Crippen molar-refractivity contribution in [2.45, 2.75) is 17.0 Å². The number of aromatic nitrogens is 2. The fourth-order valence-corrected chi connectivity index (χ4v) is 2.17. The van der Waals surface area contributed by atoms with Crippen molar-refractivity contribution in [1.82, 2.24) is 9.97 Å². The van der Waals surface area contributed by atoms with Crippen molar-refractivity contribution in [3.8, 4) is 0 Å². The normalized spacial score (nSPS) is 10.3. The third-order valence-electron chi connectivity index (χ3n) is 2.23. The van der Waals surface area contributed by atoms with Gasteiger partial charge in [0.15, 0.2) is 5.16 Å². The van der Waals surface area contributed by atoms with Crippen molar-refractivity contribution in [3.63, 3.8) is 0 Å². The van der Waals surface area contributed by atoms with Crippen LogP contribution in [0.1, 0.15) is 15.9 Å². The Balaban J connectivity index is 2.34. The standard InChI is InChI=1S/C12H12N4OS/c1-7-5-15-12(16-6-7)18-10-3-2-8(13)4-9(10)11(14)17/h2-6H,13H2,1H3,(H2,14,17). The molecule has 5 nitrogen and oxygen atoms in total. The molecule has 4 N–H and O–H groups in total. The van der Waals surface area contributed by atoms with Gasteiger partial charge in [-0.05, 0) is 42.4 Å². The van der Waals surface area contributed by atoms with E-state index >= 15 is 0 Å². The van der Waals surface area contributed by atoms with Gasteiger partial charge in [0.1, 0.15) is 0 Å². The van der Waals surface area contributed by atoms with Crippen molar-refractivity contribution in [3.05, 3.63) is 41.7 Å². The summed E-state index contributed by atoms with van der Waals surface area (Å²) >= 11 is 1.28. The van der Waals surface area contributed by atoms with Crippen molar-refractivity contribution in [1.29, 1.82) is 0 Å². The molecular weight excluding hydrogens is 248 g/mol. The molecule has 18 heavy (non-hydrogen) atoms. The molecule has 0 unspecified atom stereocenters. The SMILES string of the molecule is Cc1cnc(Sc2ccc(N)cc2C(N)=O)nc1. The number of aryl methyl sites for hydroxylation is 1. The summed E-state index contributed by atoms with van der Waals surface area (Å²) in [6.07, 6.45) is 3.44. The Morgan fingerprint density at radius 3 is 2.56 bits per heavy atom. The smallest absolute Gasteiger partial charge is 0.249 e. The molecule has 0 aliphatic carbocycles. The van der Waals surface area contributed by atoms with Gasteiger partial charge in [-0.1, -0.05) is 0 Å². The Labute approximate surface area is 109 Å². The largest absolute Gasteiger partial charge is 0.399 e. The Hall–Kier alpha value is -2.08. The Morgan fingerprint density at radius 2 is 1.94 bits per heavy atom. The zero-order chi connectivity index (χ0) is 13.1. The lowest BCUT2D eigenvalue weighted by atomic mass is 10.2. The highest BCUT2D eigenvalue weighted by molar-refractivity contribution is 7.99. The predicted molar refractivity (Wildman–Crippen MR) is 70.3 cm³/mol. The van der Waals surface area contributed by atoms with Crippen molar-refractivity contribution in [2.75, 3.05) is 5.73 Å². The molecule has 1 heterocycles. The van der Waals surface area contributed by atoms with E-state index in [0.717, 1.165) is 5.56 Å². The number of benzene rings is 1. The summed E-state index contributed by atoms with van der Waals surface area (Å²) < 4.78 is 0. The number of nitrogens with zero attached hydrogens (tertiary/aromatic N) is 2. The minimum atomic E-state index is -0.517. The average Bonchev–Trinajstić information content (AvgIpc) is 2.34. The number of carbonyl (C=O) groups excluding carboxylic acids is 1. The lowest BCUT2D eigenvalue weighted by Gasteiger charge is -2.06. The number of hydrogen-bond donors (Lipinski definition) is 2. The summed E-state index contributed by atoms with van der Waals surface area (Å²) in [5.41, 5.74) is 12.8. The molecule has 0 radical (unpaired) electrons. The van der Waals surface area contributed by atoms with Crippen LogP contribution in [0.25, 0.3) is 0 Å². The third-order valence-corrected chi connectivity index (χ3v) is 3.20. The minimum Gasteiger partial charge on any atom is -0.399 e. The highest BCUT2D eigenvalue weighted by Crippen LogP contribution is 2.28. The van der Waals surface area contributed by atoms with E-state index in [1.165, 1.54) is 11.8 Å². The van der Waals surface area contributed by atoms with Gasteiger partial charge in [0.05, 0.1) is 5.56 Å². The van der Waals surface area contributed by atoms with E-state index < -0.39 is 5.91 Å². The van der Waals surface area contributed by atoms with E-state index in [2.05, 4.69) is 9.97 Å². The first-order valence-corrected chi connectivity index (χ1v) is 6.04. The number of anilines is 1. The molecule has 0 bridgehead atoms. The maximum Gasteiger partial charge on any atom is 0.249 e. The summed E-state index contributed by atoms with van der Waals surface area (Å²) in [5, 5.41) is 0.563. The molecular formula is C12H12N4OS. The second-order valence-corrected chi connectivity index (χ2v) is 4.77. The van der Waals surface area contributed by atoms with E-state index in [4.69, 9.17) is 11.5 Å². The fraction of sp³-hybridized carbons (Fsp3) is 0.0833. The fourth-order valence-electron chi connectivity index (χ4n) is 1.36. The summed E-state index contributed by atoms with van der Waals surface area (Å²) in [4.78, 5) is 20.4. The molecule has 6 heteroatoms. The monoisotopic (exact) mass is 260 g/mol. The Kier molecular flexibility index (Phi) is 3.47. The lowest BCUT2D eigenvalue weighted by Crippen LogP contribution is -2.12. The molecule has 0 saturated heterocycles. The first-order chi connectivity index (χ1) is 8.56. The highest BCUT2D eigenvalue weighted by Gasteiger charge is 2.11. The summed E-state index contributed by atoms with van der Waals surface area (Å²) in [6, 6.07) is 5.01. The van der Waals surface area contributed by atoms with Crippen LogP contribution in [0, 0.1) is 6.92 Å². The number of amides is 1. The second-order valence-electron chi connectivity index (χ2n) is 3.76. The summed E-state index contributed by atoms with van der Waals surface area (Å²) in [5.74, 6) is -0.517. The summed E-state index contributed by atoms with van der Waals surface area (Å²) in [6.45, 7) is 1.91. The molecule has 1 aromatic heterocycles. The molecule has 0 aliphatic heterocycles. The van der Waals surface area contributed by atoms with Crippen molar-refractivity contribution in [2.24, 2.45) is 5.73 Å². The molecule has 1 amide bonds. The predicted octanol–water partition coefficient (Wildman–Crippen LogP) is 1.62. The van der Waals surface area contributed by atoms with Crippen LogP contribution in [0.15, 0.2) is 40.6 Å². The second kappa shape index (κ2) is 5.05. The molecule has 0 aliphatic rings. The van der Waals surface area contributed by atoms with Gasteiger partial charge >= 0.3 is 0 Å². The van der Waals surface area contributed by atoms with Gasteiger partial charge in [0, 0.05) is 23.0 Å². The quantitative estimate of drug-likeness (QED) is 0.646. The van der Waals surface area contributed by atoms with Crippen LogP contribution in [0.2, 0.25) is 0 Å². The first-order valence-electron chi connectivity index (χ1n) is 5.22. The first kappa shape index (κ1) is 12.4. The van der Waals surface area contributed by atoms with E-state index in [9.17, 15) is 4.79 Å². The maximum absolute atomic E-state index is 11.3. The van der Waals surface area contributed by atoms with Gasteiger partial charge in [0.2, 0.25) is 5.91 Å². The van der Waals surface area contributed by atoms with Crippen LogP contribution in [0.3, 0.4) is 0 Å². The molecule has 0 saturated carbocycles. The van der Waals surface area contributed by atoms with Crippen LogP contribution in [-0.2, 0) is 0 Å². The maximum atomic E-state index is 11.3. The Bertz CT molecular complexity index is 583. The number of hydrogen-bond acceptors (Lipinski definition) is 5. The average molecular weight is 260 g/mol. The van der Waals surface area contributed by atoms with Gasteiger partial charge in [0.25, 0.3) is 0 Å². The molecule has 2 aromatic rings. The minimum absolute atomic E-state index is 0.379. The topological polar surface area (TPSA) is 94.9 Å². The number of nitrogens with two attached hydrogens (primary N) is 2. The van der Waals surface area contributed by atoms with Gasteiger partial charge < -0.3 is 11.5 Å². The third kappa shape index (κ3) is 2.78. The van der Waals surface area contributed by atoms with E-state index in [0.29, 0.717) is 21.3 Å². The Morgan fingerprint density at radius 1 is 1.28 bits per heavy atom. The molecule has 1 aromatic carbocycles. The molecule has 92 valence electrons. The lowest BCUT2D eigenvalue weighted by molar-refractivity contribution is 0.0997. The zero-order valence-corrected chi connectivity index (χ0v) is 10.6. The van der Waals surface area contributed by atoms with E-state index in [1.54, 1.807) is 30.6 Å². The van der Waals surface area contributed by atoms with Gasteiger partial charge in [-0.25, -0.2) is 9.97 Å². The van der Waals surface area contributed by atoms with Crippen LogP contribution >= 0.6 is 11.8 Å². The zero-order valence-electron chi connectivity index (χ0n) is 9.75. The van der Waals surface area contributed by atoms with Crippen LogP contribution in [0.5, 0.6) is 0 Å². The number of rotatable bonds is 3. The van der Waals surface area contributed by atoms with E-state index in [-0.39, 0.29) is 0 Å². The van der Waals surface area contributed by atoms with Gasteiger partial charge in [-0.3, -0.25) is 4.79 Å². The van der Waals surface area contributed by atoms with Crippen LogP contribution in [0.4, 0.5) is 5.69 Å². The van der Waals surface area contributed by atoms with Crippen molar-refractivity contribution < 1.29 is 4.79 Å². The number of carbonyl (C=O) groups is 1. The molecule has 2 rings (SSSR count). The van der Waals surface area contributed by atoms with Crippen LogP contribution in [-0.4, -0.2) is 15.9 Å². The highest BCUT2D eigenvalue weighted by atomic mass is 32.2. The summed E-state index contributed by atoms with van der Waals surface area (Å²) in [7, 11) is 0. The van der Waals surface area contributed by atoms with E-state index in [1.807, 2.05) is 6.92 Å². The molecule has 0 fully saturated rings. The molecule has 0 spiro atoms. The molecule has 0 atom stereocenters. The van der Waals surface area contributed by atoms with Gasteiger partial charge in [-0.2, -0.15) is 0 Å². The van der Waals surface area contributed by atoms with Gasteiger partial charge in [-0.15, -0.1) is 0 Å². The number of primary amides is 1.